The van der Waals surface area contributed by atoms with Crippen molar-refractivity contribution in [2.24, 2.45) is 0 Å². The third-order valence-electron chi connectivity index (χ3n) is 4.82. The van der Waals surface area contributed by atoms with Gasteiger partial charge in [0.2, 0.25) is 0 Å². The Labute approximate surface area is 178 Å². The summed E-state index contributed by atoms with van der Waals surface area (Å²) in [6.07, 6.45) is 0.684. The molecular weight excluding hydrogens is 406 g/mol. The van der Waals surface area contributed by atoms with Crippen LogP contribution >= 0.6 is 0 Å². The Morgan fingerprint density at radius 2 is 1.60 bits per heavy atom. The Kier molecular flexibility index (Phi) is 7.69. The first kappa shape index (κ1) is 23.5. The van der Waals surface area contributed by atoms with E-state index in [2.05, 4.69) is 5.32 Å². The number of rotatable bonds is 9. The van der Waals surface area contributed by atoms with Crippen LogP contribution < -0.4 is 19.1 Å². The minimum absolute atomic E-state index is 0.214. The minimum Gasteiger partial charge on any atom is -0.493 e. The molecule has 0 aliphatic rings. The van der Waals surface area contributed by atoms with Crippen LogP contribution in [0, 0.1) is 0 Å². The number of methoxy groups -OCH3 is 2. The lowest BCUT2D eigenvalue weighted by atomic mass is 10.0. The number of hydrogen-bond acceptors (Lipinski definition) is 5. The molecule has 30 heavy (non-hydrogen) atoms. The van der Waals surface area contributed by atoms with Crippen LogP contribution in [0.25, 0.3) is 0 Å². The van der Waals surface area contributed by atoms with Crippen molar-refractivity contribution in [1.29, 1.82) is 0 Å². The summed E-state index contributed by atoms with van der Waals surface area (Å²) < 4.78 is 37.4. The van der Waals surface area contributed by atoms with Crippen molar-refractivity contribution in [3.63, 3.8) is 0 Å². The van der Waals surface area contributed by atoms with E-state index in [0.29, 0.717) is 29.2 Å². The molecule has 2 rings (SSSR count). The summed E-state index contributed by atoms with van der Waals surface area (Å²) in [5.41, 5.74) is 1.80. The number of hydrogen-bond donors (Lipinski definition) is 1. The Morgan fingerprint density at radius 1 is 1.00 bits per heavy atom. The number of anilines is 1. The Hall–Kier alpha value is -2.78. The van der Waals surface area contributed by atoms with Gasteiger partial charge in [-0.2, -0.15) is 12.7 Å². The first-order valence-corrected chi connectivity index (χ1v) is 10.8. The van der Waals surface area contributed by atoms with Gasteiger partial charge in [-0.3, -0.25) is 9.10 Å². The summed E-state index contributed by atoms with van der Waals surface area (Å²) >= 11 is 0. The molecule has 164 valence electrons. The molecule has 1 amide bonds. The average Bonchev–Trinajstić information content (AvgIpc) is 2.76. The highest BCUT2D eigenvalue weighted by atomic mass is 32.2. The third-order valence-corrected chi connectivity index (χ3v) is 6.65. The van der Waals surface area contributed by atoms with Gasteiger partial charge in [-0.15, -0.1) is 0 Å². The smallest absolute Gasteiger partial charge is 0.303 e. The summed E-state index contributed by atoms with van der Waals surface area (Å²) in [6.45, 7) is 1.98. The van der Waals surface area contributed by atoms with E-state index in [1.165, 1.54) is 21.1 Å². The number of carbonyl (C=O) groups is 1. The van der Waals surface area contributed by atoms with Gasteiger partial charge in [0.15, 0.2) is 11.5 Å². The van der Waals surface area contributed by atoms with Crippen molar-refractivity contribution in [2.45, 2.75) is 19.4 Å². The number of nitrogens with one attached hydrogen (secondary N) is 1. The average molecular weight is 436 g/mol. The van der Waals surface area contributed by atoms with Crippen LogP contribution in [0.1, 0.15) is 35.3 Å². The molecule has 0 unspecified atom stereocenters. The SMILES string of the molecule is CC[C@@H](NC(=O)c1ccc(N(C)S(=O)(=O)N(C)C)cc1)c1ccc(OC)c(OC)c1. The molecule has 8 nitrogen and oxygen atoms in total. The van der Waals surface area contributed by atoms with Crippen molar-refractivity contribution >= 4 is 21.8 Å². The van der Waals surface area contributed by atoms with E-state index in [1.807, 2.05) is 19.1 Å². The molecule has 0 aliphatic heterocycles. The van der Waals surface area contributed by atoms with E-state index >= 15 is 0 Å². The van der Waals surface area contributed by atoms with E-state index in [9.17, 15) is 13.2 Å². The fraction of sp³-hybridized carbons (Fsp3) is 0.381. The maximum absolute atomic E-state index is 12.7. The predicted octanol–water partition coefficient (Wildman–Crippen LogP) is 2.83. The summed E-state index contributed by atoms with van der Waals surface area (Å²) in [4.78, 5) is 12.7. The van der Waals surface area contributed by atoms with Gasteiger partial charge in [-0.05, 0) is 48.4 Å². The molecule has 0 spiro atoms. The van der Waals surface area contributed by atoms with Crippen LogP contribution in [-0.2, 0) is 10.2 Å². The predicted molar refractivity (Wildman–Crippen MR) is 117 cm³/mol. The molecule has 2 aromatic rings. The van der Waals surface area contributed by atoms with Crippen LogP contribution in [0.5, 0.6) is 11.5 Å². The van der Waals surface area contributed by atoms with E-state index in [0.717, 1.165) is 14.2 Å². The van der Waals surface area contributed by atoms with Crippen molar-refractivity contribution in [1.82, 2.24) is 9.62 Å². The van der Waals surface area contributed by atoms with Gasteiger partial charge in [0.1, 0.15) is 0 Å². The van der Waals surface area contributed by atoms with Gasteiger partial charge >= 0.3 is 10.2 Å². The molecule has 1 N–H and O–H groups in total. The molecule has 0 radical (unpaired) electrons. The Bertz CT molecular complexity index is 975. The molecule has 0 saturated carbocycles. The first-order valence-electron chi connectivity index (χ1n) is 9.44. The quantitative estimate of drug-likeness (QED) is 0.654. The lowest BCUT2D eigenvalue weighted by Crippen LogP contribution is -2.37. The maximum atomic E-state index is 12.7. The van der Waals surface area contributed by atoms with Crippen LogP contribution in [0.3, 0.4) is 0 Å². The zero-order chi connectivity index (χ0) is 22.5. The van der Waals surface area contributed by atoms with Gasteiger partial charge in [0, 0.05) is 26.7 Å². The zero-order valence-electron chi connectivity index (χ0n) is 18.2. The second-order valence-electron chi connectivity index (χ2n) is 6.85. The number of ether oxygens (including phenoxy) is 2. The number of benzene rings is 2. The fourth-order valence-corrected chi connectivity index (χ4v) is 3.81. The molecule has 0 heterocycles. The first-order chi connectivity index (χ1) is 14.1. The molecule has 0 fully saturated rings. The lowest BCUT2D eigenvalue weighted by molar-refractivity contribution is 0.0935. The van der Waals surface area contributed by atoms with E-state index in [-0.39, 0.29) is 11.9 Å². The van der Waals surface area contributed by atoms with E-state index in [1.54, 1.807) is 44.6 Å². The summed E-state index contributed by atoms with van der Waals surface area (Å²) in [5, 5.41) is 3.01. The maximum Gasteiger partial charge on any atom is 0.303 e. The number of nitrogens with zero attached hydrogens (tertiary/aromatic N) is 2. The summed E-state index contributed by atoms with van der Waals surface area (Å²) in [7, 11) is 3.94. The van der Waals surface area contributed by atoms with E-state index in [4.69, 9.17) is 9.47 Å². The highest BCUT2D eigenvalue weighted by molar-refractivity contribution is 7.90. The molecule has 0 aliphatic carbocycles. The van der Waals surface area contributed by atoms with Crippen molar-refractivity contribution in [2.75, 3.05) is 39.7 Å². The molecule has 0 saturated heterocycles. The molecule has 0 bridgehead atoms. The fourth-order valence-electron chi connectivity index (χ4n) is 2.93. The Morgan fingerprint density at radius 3 is 2.10 bits per heavy atom. The molecule has 2 aromatic carbocycles. The monoisotopic (exact) mass is 435 g/mol. The topological polar surface area (TPSA) is 88.2 Å². The molecule has 0 aromatic heterocycles. The second kappa shape index (κ2) is 9.82. The zero-order valence-corrected chi connectivity index (χ0v) is 19.0. The van der Waals surface area contributed by atoms with Crippen LogP contribution in [0.15, 0.2) is 42.5 Å². The van der Waals surface area contributed by atoms with Gasteiger partial charge in [0.05, 0.1) is 25.9 Å². The number of amides is 1. The Balaban J connectivity index is 2.18. The standard InChI is InChI=1S/C21H29N3O5S/c1-7-18(16-10-13-19(28-5)20(14-16)29-6)22-21(25)15-8-11-17(12-9-15)24(4)30(26,27)23(2)3/h8-14,18H,7H2,1-6H3,(H,22,25)/t18-/m1/s1. The van der Waals surface area contributed by atoms with Gasteiger partial charge in [0.25, 0.3) is 5.91 Å². The van der Waals surface area contributed by atoms with Crippen LogP contribution in [0.4, 0.5) is 5.69 Å². The molecular formula is C21H29N3O5S. The highest BCUT2D eigenvalue weighted by Crippen LogP contribution is 2.31. The molecule has 9 heteroatoms. The molecule has 1 atom stereocenters. The van der Waals surface area contributed by atoms with Crippen LogP contribution in [-0.4, -0.2) is 54.0 Å². The second-order valence-corrected chi connectivity index (χ2v) is 9.03. The third kappa shape index (κ3) is 5.03. The van der Waals surface area contributed by atoms with Crippen LogP contribution in [0.2, 0.25) is 0 Å². The summed E-state index contributed by atoms with van der Waals surface area (Å²) in [5.74, 6) is 0.966. The van der Waals surface area contributed by atoms with Crippen molar-refractivity contribution < 1.29 is 22.7 Å². The van der Waals surface area contributed by atoms with Gasteiger partial charge in [-0.1, -0.05) is 13.0 Å². The lowest BCUT2D eigenvalue weighted by Gasteiger charge is -2.23. The normalized spacial score (nSPS) is 12.4. The summed E-state index contributed by atoms with van der Waals surface area (Å²) in [6, 6.07) is 11.7. The largest absolute Gasteiger partial charge is 0.493 e. The van der Waals surface area contributed by atoms with E-state index < -0.39 is 10.2 Å². The highest BCUT2D eigenvalue weighted by Gasteiger charge is 2.21. The minimum atomic E-state index is -3.59. The number of carbonyl (C=O) groups excluding carboxylic acids is 1. The van der Waals surface area contributed by atoms with Crippen molar-refractivity contribution in [3.05, 3.63) is 53.6 Å². The van der Waals surface area contributed by atoms with Gasteiger partial charge < -0.3 is 14.8 Å². The van der Waals surface area contributed by atoms with Gasteiger partial charge in [-0.25, -0.2) is 0 Å². The van der Waals surface area contributed by atoms with Crippen molar-refractivity contribution in [3.8, 4) is 11.5 Å².